The van der Waals surface area contributed by atoms with Gasteiger partial charge in [-0.15, -0.1) is 0 Å². The van der Waals surface area contributed by atoms with Gasteiger partial charge in [-0.25, -0.2) is 9.78 Å². The largest absolute Gasteiger partial charge is 0.348 e. The van der Waals surface area contributed by atoms with Crippen LogP contribution in [0, 0.1) is 0 Å². The number of carbonyl (C=O) groups is 1. The molecular formula is C16H19N5O. The van der Waals surface area contributed by atoms with E-state index in [1.165, 1.54) is 0 Å². The van der Waals surface area contributed by atoms with Gasteiger partial charge in [0.05, 0.1) is 12.0 Å². The Morgan fingerprint density at radius 2 is 2.18 bits per heavy atom. The number of benzene rings is 1. The smallest absolute Gasteiger partial charge is 0.319 e. The molecule has 3 rings (SSSR count). The molecule has 0 saturated carbocycles. The van der Waals surface area contributed by atoms with Crippen LogP contribution in [0.3, 0.4) is 0 Å². The molecule has 0 aliphatic heterocycles. The molecule has 1 aromatic carbocycles. The molecule has 2 heterocycles. The lowest BCUT2D eigenvalue weighted by Gasteiger charge is -2.07. The standard InChI is InChI=1S/C16H19N5O/c1-20-11-14(13-5-2-3-6-15(13)20)19-16(22)18-7-4-9-21-10-8-17-12-21/h2-3,5-6,8,10-12H,4,7,9H2,1H3,(H2,18,19,22). The van der Waals surface area contributed by atoms with E-state index < -0.39 is 0 Å². The predicted molar refractivity (Wildman–Crippen MR) is 86.8 cm³/mol. The Labute approximate surface area is 128 Å². The quantitative estimate of drug-likeness (QED) is 0.711. The number of aryl methyl sites for hydroxylation is 2. The summed E-state index contributed by atoms with van der Waals surface area (Å²) >= 11 is 0. The van der Waals surface area contributed by atoms with Crippen molar-refractivity contribution in [2.45, 2.75) is 13.0 Å². The van der Waals surface area contributed by atoms with E-state index in [2.05, 4.69) is 15.6 Å². The summed E-state index contributed by atoms with van der Waals surface area (Å²) in [6.45, 7) is 1.46. The molecule has 2 N–H and O–H groups in total. The van der Waals surface area contributed by atoms with Crippen molar-refractivity contribution in [1.82, 2.24) is 19.4 Å². The Hall–Kier alpha value is -2.76. The molecule has 0 spiro atoms. The summed E-state index contributed by atoms with van der Waals surface area (Å²) < 4.78 is 3.99. The lowest BCUT2D eigenvalue weighted by molar-refractivity contribution is 0.252. The topological polar surface area (TPSA) is 63.9 Å². The second-order valence-corrected chi connectivity index (χ2v) is 5.21. The Kier molecular flexibility index (Phi) is 4.09. The summed E-state index contributed by atoms with van der Waals surface area (Å²) in [4.78, 5) is 16.0. The third-order valence-electron chi connectivity index (χ3n) is 3.58. The van der Waals surface area contributed by atoms with Gasteiger partial charge in [0.15, 0.2) is 0 Å². The van der Waals surface area contributed by atoms with Crippen molar-refractivity contribution in [2.24, 2.45) is 7.05 Å². The summed E-state index contributed by atoms with van der Waals surface area (Å²) in [6.07, 6.45) is 8.22. The maximum atomic E-state index is 12.0. The number of imidazole rings is 1. The molecule has 22 heavy (non-hydrogen) atoms. The number of hydrogen-bond acceptors (Lipinski definition) is 2. The summed E-state index contributed by atoms with van der Waals surface area (Å²) in [5, 5.41) is 6.82. The highest BCUT2D eigenvalue weighted by Crippen LogP contribution is 2.24. The molecule has 0 bridgehead atoms. The van der Waals surface area contributed by atoms with Crippen molar-refractivity contribution in [2.75, 3.05) is 11.9 Å². The fourth-order valence-corrected chi connectivity index (χ4v) is 2.49. The van der Waals surface area contributed by atoms with Crippen LogP contribution in [0.25, 0.3) is 10.9 Å². The number of nitrogens with one attached hydrogen (secondary N) is 2. The second kappa shape index (κ2) is 6.34. The molecule has 6 nitrogen and oxygen atoms in total. The van der Waals surface area contributed by atoms with E-state index in [-0.39, 0.29) is 6.03 Å². The summed E-state index contributed by atoms with van der Waals surface area (Å²) in [5.74, 6) is 0. The first-order valence-corrected chi connectivity index (χ1v) is 7.29. The van der Waals surface area contributed by atoms with Gasteiger partial charge in [0.2, 0.25) is 0 Å². The van der Waals surface area contributed by atoms with E-state index in [0.29, 0.717) is 6.54 Å². The van der Waals surface area contributed by atoms with Crippen molar-refractivity contribution in [3.05, 3.63) is 49.2 Å². The third kappa shape index (κ3) is 3.11. The molecule has 0 radical (unpaired) electrons. The highest BCUT2D eigenvalue weighted by Gasteiger charge is 2.08. The van der Waals surface area contributed by atoms with Gasteiger partial charge in [-0.3, -0.25) is 0 Å². The molecule has 0 aliphatic carbocycles. The molecule has 2 amide bonds. The van der Waals surface area contributed by atoms with Crippen LogP contribution in [0.1, 0.15) is 6.42 Å². The summed E-state index contributed by atoms with van der Waals surface area (Å²) in [6, 6.07) is 7.81. The maximum Gasteiger partial charge on any atom is 0.319 e. The van der Waals surface area contributed by atoms with Crippen molar-refractivity contribution in [3.63, 3.8) is 0 Å². The maximum absolute atomic E-state index is 12.0. The van der Waals surface area contributed by atoms with Gasteiger partial charge in [0.25, 0.3) is 0 Å². The van der Waals surface area contributed by atoms with Gasteiger partial charge in [0, 0.05) is 49.6 Å². The number of amides is 2. The average molecular weight is 297 g/mol. The molecule has 0 unspecified atom stereocenters. The van der Waals surface area contributed by atoms with Crippen molar-refractivity contribution < 1.29 is 4.79 Å². The van der Waals surface area contributed by atoms with Crippen LogP contribution in [-0.4, -0.2) is 26.7 Å². The molecule has 0 fully saturated rings. The summed E-state index contributed by atoms with van der Waals surface area (Å²) in [5.41, 5.74) is 1.92. The summed E-state index contributed by atoms with van der Waals surface area (Å²) in [7, 11) is 1.97. The number of anilines is 1. The molecule has 114 valence electrons. The molecule has 0 aliphatic rings. The monoisotopic (exact) mass is 297 g/mol. The number of aromatic nitrogens is 3. The van der Waals surface area contributed by atoms with Gasteiger partial charge in [0.1, 0.15) is 0 Å². The van der Waals surface area contributed by atoms with E-state index in [0.717, 1.165) is 29.6 Å². The lowest BCUT2D eigenvalue weighted by atomic mass is 10.2. The number of hydrogen-bond donors (Lipinski definition) is 2. The van der Waals surface area contributed by atoms with E-state index >= 15 is 0 Å². The zero-order chi connectivity index (χ0) is 15.4. The molecule has 2 aromatic heterocycles. The van der Waals surface area contributed by atoms with Crippen molar-refractivity contribution in [1.29, 1.82) is 0 Å². The van der Waals surface area contributed by atoms with Crippen LogP contribution in [0.4, 0.5) is 10.5 Å². The van der Waals surface area contributed by atoms with Gasteiger partial charge >= 0.3 is 6.03 Å². The third-order valence-corrected chi connectivity index (χ3v) is 3.58. The molecular weight excluding hydrogens is 278 g/mol. The van der Waals surface area contributed by atoms with Crippen LogP contribution >= 0.6 is 0 Å². The first-order chi connectivity index (χ1) is 10.7. The Morgan fingerprint density at radius 3 is 3.00 bits per heavy atom. The van der Waals surface area contributed by atoms with Crippen LogP contribution in [0.15, 0.2) is 49.2 Å². The molecule has 0 saturated heterocycles. The fourth-order valence-electron chi connectivity index (χ4n) is 2.49. The van der Waals surface area contributed by atoms with E-state index in [1.54, 1.807) is 12.5 Å². The van der Waals surface area contributed by atoms with Gasteiger partial charge in [-0.05, 0) is 12.5 Å². The second-order valence-electron chi connectivity index (χ2n) is 5.21. The van der Waals surface area contributed by atoms with E-state index in [4.69, 9.17) is 0 Å². The zero-order valence-electron chi connectivity index (χ0n) is 12.5. The minimum atomic E-state index is -0.179. The molecule has 0 atom stereocenters. The Morgan fingerprint density at radius 1 is 1.32 bits per heavy atom. The zero-order valence-corrected chi connectivity index (χ0v) is 12.5. The highest BCUT2D eigenvalue weighted by molar-refractivity contribution is 6.01. The van der Waals surface area contributed by atoms with Crippen LogP contribution in [0.2, 0.25) is 0 Å². The minimum absolute atomic E-state index is 0.179. The van der Waals surface area contributed by atoms with Gasteiger partial charge in [-0.1, -0.05) is 18.2 Å². The number of nitrogens with zero attached hydrogens (tertiary/aromatic N) is 3. The fraction of sp³-hybridized carbons (Fsp3) is 0.250. The van der Waals surface area contributed by atoms with Gasteiger partial charge in [-0.2, -0.15) is 0 Å². The number of carbonyl (C=O) groups excluding carboxylic acids is 1. The van der Waals surface area contributed by atoms with E-state index in [9.17, 15) is 4.79 Å². The van der Waals surface area contributed by atoms with Gasteiger partial charge < -0.3 is 19.8 Å². The first kappa shape index (κ1) is 14.2. The highest BCUT2D eigenvalue weighted by atomic mass is 16.2. The van der Waals surface area contributed by atoms with Crippen LogP contribution in [0.5, 0.6) is 0 Å². The predicted octanol–water partition coefficient (Wildman–Crippen LogP) is 2.59. The molecule has 6 heteroatoms. The van der Waals surface area contributed by atoms with Crippen molar-refractivity contribution in [3.8, 4) is 0 Å². The molecule has 3 aromatic rings. The normalized spacial score (nSPS) is 10.8. The minimum Gasteiger partial charge on any atom is -0.348 e. The Bertz CT molecular complexity index is 760. The number of fused-ring (bicyclic) bond motifs is 1. The average Bonchev–Trinajstić information content (AvgIpc) is 3.13. The Balaban J connectivity index is 1.52. The number of para-hydroxylation sites is 1. The van der Waals surface area contributed by atoms with E-state index in [1.807, 2.05) is 52.8 Å². The number of urea groups is 1. The number of rotatable bonds is 5. The van der Waals surface area contributed by atoms with Crippen LogP contribution < -0.4 is 10.6 Å². The lowest BCUT2D eigenvalue weighted by Crippen LogP contribution is -2.29. The van der Waals surface area contributed by atoms with Crippen LogP contribution in [-0.2, 0) is 13.6 Å². The van der Waals surface area contributed by atoms with Crippen molar-refractivity contribution >= 4 is 22.6 Å². The first-order valence-electron chi connectivity index (χ1n) is 7.29. The SMILES string of the molecule is Cn1cc(NC(=O)NCCCn2ccnc2)c2ccccc21.